The van der Waals surface area contributed by atoms with Crippen LogP contribution in [0.3, 0.4) is 0 Å². The molecule has 0 N–H and O–H groups in total. The van der Waals surface area contributed by atoms with E-state index in [-0.39, 0.29) is 44.1 Å². The number of carbonyl (C=O) groups is 2. The molecule has 2 saturated heterocycles. The molecule has 2 bridgehead atoms. The summed E-state index contributed by atoms with van der Waals surface area (Å²) in [5.41, 5.74) is 4.29. The van der Waals surface area contributed by atoms with Gasteiger partial charge in [0.1, 0.15) is 6.61 Å². The van der Waals surface area contributed by atoms with Crippen molar-refractivity contribution in [1.29, 1.82) is 0 Å². The van der Waals surface area contributed by atoms with Crippen LogP contribution in [0.2, 0.25) is 0 Å². The smallest absolute Gasteiger partial charge is 0.410 e. The zero-order valence-corrected chi connectivity index (χ0v) is 19.8. The fraction of sp³-hybridized carbons (Fsp3) is 0.310. The van der Waals surface area contributed by atoms with E-state index in [1.165, 1.54) is 0 Å². The Morgan fingerprint density at radius 2 is 1.41 bits per heavy atom. The maximum atomic E-state index is 13.7. The highest BCUT2D eigenvalue weighted by Gasteiger charge is 2.45. The Kier molecular flexibility index (Phi) is 5.99. The minimum Gasteiger partial charge on any atom is -0.448 e. The minimum absolute atomic E-state index is 0.0742. The Balaban J connectivity index is 1.17. The molecule has 0 aromatic heterocycles. The Morgan fingerprint density at radius 1 is 0.865 bits per heavy atom. The minimum atomic E-state index is -1.60. The first-order chi connectivity index (χ1) is 17.9. The molecule has 2 heterocycles. The number of ether oxygens (including phenoxy) is 2. The number of ketones is 1. The average Bonchev–Trinajstić information content (AvgIpc) is 3.22. The van der Waals surface area contributed by atoms with E-state index in [0.717, 1.165) is 34.4 Å². The van der Waals surface area contributed by atoms with Crippen LogP contribution < -0.4 is 0 Å². The van der Waals surface area contributed by atoms with E-state index in [0.29, 0.717) is 0 Å². The number of carbonyl (C=O) groups excluding carboxylic acids is 2. The zero-order valence-electron chi connectivity index (χ0n) is 19.8. The van der Waals surface area contributed by atoms with Gasteiger partial charge in [0.15, 0.2) is 23.2 Å². The molecule has 1 amide bonds. The van der Waals surface area contributed by atoms with Gasteiger partial charge in [-0.3, -0.25) is 9.69 Å². The van der Waals surface area contributed by atoms with Crippen molar-refractivity contribution in [2.75, 3.05) is 19.8 Å². The normalized spacial score (nSPS) is 22.4. The fourth-order valence-corrected chi connectivity index (χ4v) is 6.03. The number of morpholine rings is 1. The van der Waals surface area contributed by atoms with Gasteiger partial charge in [-0.15, -0.1) is 0 Å². The first kappa shape index (κ1) is 23.7. The molecule has 0 spiro atoms. The van der Waals surface area contributed by atoms with Crippen molar-refractivity contribution in [3.05, 3.63) is 94.8 Å². The van der Waals surface area contributed by atoms with Crippen molar-refractivity contribution in [3.63, 3.8) is 0 Å². The lowest BCUT2D eigenvalue weighted by atomic mass is 9.81. The van der Waals surface area contributed by atoms with E-state index in [1.807, 2.05) is 24.3 Å². The number of piperidine rings is 1. The third-order valence-corrected chi connectivity index (χ3v) is 7.71. The van der Waals surface area contributed by atoms with Gasteiger partial charge in [0, 0.05) is 17.4 Å². The molecule has 2 aliphatic heterocycles. The highest BCUT2D eigenvalue weighted by molar-refractivity contribution is 5.98. The van der Waals surface area contributed by atoms with Gasteiger partial charge in [0.25, 0.3) is 0 Å². The van der Waals surface area contributed by atoms with Gasteiger partial charge in [0.05, 0.1) is 25.3 Å². The van der Waals surface area contributed by atoms with E-state index in [4.69, 9.17) is 9.47 Å². The molecule has 190 valence electrons. The summed E-state index contributed by atoms with van der Waals surface area (Å²) in [7, 11) is 0. The molecule has 5 nitrogen and oxygen atoms in total. The lowest BCUT2D eigenvalue weighted by Crippen LogP contribution is -2.60. The summed E-state index contributed by atoms with van der Waals surface area (Å²) >= 11 is 0. The van der Waals surface area contributed by atoms with Crippen LogP contribution in [-0.4, -0.2) is 48.7 Å². The van der Waals surface area contributed by atoms with Gasteiger partial charge in [-0.2, -0.15) is 0 Å². The second-order valence-corrected chi connectivity index (χ2v) is 9.84. The van der Waals surface area contributed by atoms with Crippen LogP contribution in [0.1, 0.15) is 40.2 Å². The summed E-state index contributed by atoms with van der Waals surface area (Å²) in [5, 5.41) is 0. The second-order valence-electron chi connectivity index (χ2n) is 9.84. The molecule has 0 radical (unpaired) electrons. The van der Waals surface area contributed by atoms with Crippen LogP contribution in [0.5, 0.6) is 0 Å². The number of halogens is 3. The van der Waals surface area contributed by atoms with E-state index >= 15 is 0 Å². The number of fused-ring (bicyclic) bond motifs is 5. The quantitative estimate of drug-likeness (QED) is 0.335. The molecule has 3 aromatic carbocycles. The van der Waals surface area contributed by atoms with E-state index in [9.17, 15) is 22.8 Å². The predicted molar refractivity (Wildman–Crippen MR) is 129 cm³/mol. The van der Waals surface area contributed by atoms with Crippen molar-refractivity contribution in [3.8, 4) is 11.1 Å². The molecule has 1 aliphatic carbocycles. The number of rotatable bonds is 4. The molecule has 2 unspecified atom stereocenters. The molecule has 3 aliphatic rings. The van der Waals surface area contributed by atoms with Gasteiger partial charge in [-0.25, -0.2) is 18.0 Å². The maximum absolute atomic E-state index is 13.7. The summed E-state index contributed by atoms with van der Waals surface area (Å²) in [6.07, 6.45) is 0.0604. The molecule has 8 heteroatoms. The van der Waals surface area contributed by atoms with Crippen LogP contribution in [0.15, 0.2) is 60.7 Å². The van der Waals surface area contributed by atoms with Crippen LogP contribution in [0, 0.1) is 23.4 Å². The molecule has 0 saturated carbocycles. The average molecular weight is 508 g/mol. The molecule has 6 rings (SSSR count). The van der Waals surface area contributed by atoms with Crippen LogP contribution in [0.25, 0.3) is 11.1 Å². The Hall–Kier alpha value is -3.65. The monoisotopic (exact) mass is 507 g/mol. The van der Waals surface area contributed by atoms with Crippen molar-refractivity contribution in [2.45, 2.75) is 30.8 Å². The highest BCUT2D eigenvalue weighted by atomic mass is 19.2. The van der Waals surface area contributed by atoms with Gasteiger partial charge in [-0.1, -0.05) is 48.5 Å². The van der Waals surface area contributed by atoms with Crippen molar-refractivity contribution >= 4 is 11.9 Å². The third-order valence-electron chi connectivity index (χ3n) is 7.71. The van der Waals surface area contributed by atoms with Crippen LogP contribution >= 0.6 is 0 Å². The predicted octanol–water partition coefficient (Wildman–Crippen LogP) is 5.72. The Bertz CT molecular complexity index is 1310. The third kappa shape index (κ3) is 4.09. The van der Waals surface area contributed by atoms with Crippen LogP contribution in [0.4, 0.5) is 18.0 Å². The number of Topliss-reactive ketones (excluding diaryl/α,β-unsaturated/α-hetero) is 1. The topological polar surface area (TPSA) is 55.8 Å². The molecule has 2 atom stereocenters. The van der Waals surface area contributed by atoms with Crippen LogP contribution in [-0.2, 0) is 9.47 Å². The summed E-state index contributed by atoms with van der Waals surface area (Å²) < 4.78 is 52.3. The summed E-state index contributed by atoms with van der Waals surface area (Å²) in [4.78, 5) is 28.0. The van der Waals surface area contributed by atoms with E-state index in [2.05, 4.69) is 24.3 Å². The Labute approximate surface area is 211 Å². The lowest BCUT2D eigenvalue weighted by molar-refractivity contribution is -0.0747. The summed E-state index contributed by atoms with van der Waals surface area (Å²) in [5.74, 6) is -5.52. The van der Waals surface area contributed by atoms with Gasteiger partial charge >= 0.3 is 6.09 Å². The van der Waals surface area contributed by atoms with E-state index < -0.39 is 47.3 Å². The molecule has 2 fully saturated rings. The number of amides is 1. The molecule has 37 heavy (non-hydrogen) atoms. The number of benzene rings is 3. The number of hydrogen-bond donors (Lipinski definition) is 0. The van der Waals surface area contributed by atoms with Crippen molar-refractivity contribution in [2.24, 2.45) is 5.92 Å². The Morgan fingerprint density at radius 3 is 1.97 bits per heavy atom. The van der Waals surface area contributed by atoms with Gasteiger partial charge in [0.2, 0.25) is 0 Å². The number of hydrogen-bond acceptors (Lipinski definition) is 4. The van der Waals surface area contributed by atoms with Crippen molar-refractivity contribution < 1.29 is 32.2 Å². The lowest BCUT2D eigenvalue weighted by Gasteiger charge is -2.47. The second kappa shape index (κ2) is 9.34. The first-order valence-corrected chi connectivity index (χ1v) is 12.3. The summed E-state index contributed by atoms with van der Waals surface area (Å²) in [6, 6.07) is 16.8. The standard InChI is InChI=1S/C29H24F3NO4/c30-25-11-17(12-26(31)27(25)32)28(34)16-9-18-13-36-14-19(10-16)33(18)29(35)37-15-24-22-7-3-1-5-20(22)21-6-2-4-8-23(21)24/h1-8,11-12,16,18-19,24H,9-10,13-15H2. The molecular weight excluding hydrogens is 483 g/mol. The van der Waals surface area contributed by atoms with Crippen molar-refractivity contribution in [1.82, 2.24) is 4.90 Å². The highest BCUT2D eigenvalue weighted by Crippen LogP contribution is 2.44. The molecule has 3 aromatic rings. The maximum Gasteiger partial charge on any atom is 0.410 e. The fourth-order valence-electron chi connectivity index (χ4n) is 6.03. The molecular formula is C29H24F3NO4. The van der Waals surface area contributed by atoms with E-state index in [1.54, 1.807) is 4.90 Å². The summed E-state index contributed by atoms with van der Waals surface area (Å²) in [6.45, 7) is 0.646. The van der Waals surface area contributed by atoms with Gasteiger partial charge < -0.3 is 9.47 Å². The largest absolute Gasteiger partial charge is 0.448 e. The van der Waals surface area contributed by atoms with Gasteiger partial charge in [-0.05, 0) is 47.2 Å². The number of nitrogens with zero attached hydrogens (tertiary/aromatic N) is 1. The first-order valence-electron chi connectivity index (χ1n) is 12.3. The zero-order chi connectivity index (χ0) is 25.7. The SMILES string of the molecule is O=C(c1cc(F)c(F)c(F)c1)C1CC2COCC(C1)N2C(=O)OCC1c2ccccc2-c2ccccc21.